The van der Waals surface area contributed by atoms with Crippen molar-refractivity contribution in [2.45, 2.75) is 61.5 Å². The Morgan fingerprint density at radius 2 is 1.90 bits per heavy atom. The highest BCUT2D eigenvalue weighted by Crippen LogP contribution is 2.66. The number of likely N-dealkylation sites (tertiary alicyclic amines) is 1. The Kier molecular flexibility index (Phi) is 6.80. The normalized spacial score (nSPS) is 28.1. The number of fused-ring (bicyclic) bond motifs is 2. The first-order valence-corrected chi connectivity index (χ1v) is 14.3. The summed E-state index contributed by atoms with van der Waals surface area (Å²) in [6, 6.07) is 15.9. The molecule has 39 heavy (non-hydrogen) atoms. The summed E-state index contributed by atoms with van der Waals surface area (Å²) in [6.07, 6.45) is 1.94. The molecule has 11 heteroatoms. The maximum Gasteiger partial charge on any atom is 0.245 e. The molecule has 1 aromatic heterocycles. The van der Waals surface area contributed by atoms with Gasteiger partial charge in [-0.2, -0.15) is 0 Å². The minimum atomic E-state index is -0.788. The first-order valence-electron chi connectivity index (χ1n) is 13.5. The Bertz CT molecular complexity index is 1390. The molecule has 3 aliphatic rings. The number of aliphatic hydroxyl groups is 1. The molecule has 6 rings (SSSR count). The zero-order valence-corrected chi connectivity index (χ0v) is 22.5. The van der Waals surface area contributed by atoms with Crippen molar-refractivity contribution < 1.29 is 19.5 Å². The van der Waals surface area contributed by atoms with Gasteiger partial charge in [0.05, 0.1) is 34.7 Å². The van der Waals surface area contributed by atoms with Gasteiger partial charge in [-0.1, -0.05) is 54.6 Å². The summed E-state index contributed by atoms with van der Waals surface area (Å²) in [5.74, 6) is -1.78. The SMILES string of the molecule is CC[C@@H](CO)N1C(=O)[C@@H]2[C@H](C(=O)NCc3ccccc3)[C@@H]3CCC2(S3)C1C(=O)NCn1nnc2ccccc21. The fourth-order valence-corrected chi connectivity index (χ4v) is 8.89. The van der Waals surface area contributed by atoms with E-state index in [2.05, 4.69) is 20.9 Å². The van der Waals surface area contributed by atoms with Crippen molar-refractivity contribution >= 4 is 40.5 Å². The lowest BCUT2D eigenvalue weighted by atomic mass is 9.70. The number of aliphatic hydroxyl groups excluding tert-OH is 1. The number of amides is 3. The summed E-state index contributed by atoms with van der Waals surface area (Å²) in [4.78, 5) is 43.1. The van der Waals surface area contributed by atoms with E-state index < -0.39 is 28.7 Å². The molecule has 3 N–H and O–H groups in total. The molecule has 3 fully saturated rings. The van der Waals surface area contributed by atoms with Crippen LogP contribution < -0.4 is 10.6 Å². The fourth-order valence-electron chi connectivity index (χ4n) is 6.68. The number of carbonyl (C=O) groups is 3. The van der Waals surface area contributed by atoms with Crippen LogP contribution in [0.3, 0.4) is 0 Å². The highest BCUT2D eigenvalue weighted by molar-refractivity contribution is 8.02. The van der Waals surface area contributed by atoms with Crippen LogP contribution in [0.5, 0.6) is 0 Å². The predicted octanol–water partition coefficient (Wildman–Crippen LogP) is 1.68. The summed E-state index contributed by atoms with van der Waals surface area (Å²) in [5.41, 5.74) is 2.50. The first kappa shape index (κ1) is 25.8. The second-order valence-electron chi connectivity index (χ2n) is 10.5. The number of benzene rings is 2. The van der Waals surface area contributed by atoms with Crippen molar-refractivity contribution in [2.75, 3.05) is 6.61 Å². The number of hydrogen-bond acceptors (Lipinski definition) is 7. The molecule has 10 nitrogen and oxygen atoms in total. The molecule has 0 aliphatic carbocycles. The average Bonchev–Trinajstić information content (AvgIpc) is 3.71. The molecule has 1 spiro atoms. The molecule has 2 bridgehead atoms. The standard InChI is InChI=1S/C28H32N6O4S/c1-2-18(15-35)34-24(26(37)30-16-33-20-11-7-6-10-19(20)31-32-33)28-13-12-21(39-28)22(23(28)27(34)38)25(36)29-14-17-8-4-3-5-9-17/h3-11,18,21-24,35H,2,12-16H2,1H3,(H,29,36)(H,30,37)/t18-,21-,22+,23-,24?,28?/m0/s1. The number of nitrogens with zero attached hydrogens (tertiary/aromatic N) is 4. The zero-order chi connectivity index (χ0) is 27.1. The zero-order valence-electron chi connectivity index (χ0n) is 21.7. The molecule has 3 aromatic rings. The summed E-state index contributed by atoms with van der Waals surface area (Å²) >= 11 is 1.62. The number of carbonyl (C=O) groups excluding carboxylic acids is 3. The third kappa shape index (κ3) is 4.19. The average molecular weight is 549 g/mol. The van der Waals surface area contributed by atoms with Crippen molar-refractivity contribution in [1.82, 2.24) is 30.5 Å². The van der Waals surface area contributed by atoms with E-state index in [0.29, 0.717) is 19.4 Å². The molecular weight excluding hydrogens is 516 g/mol. The van der Waals surface area contributed by atoms with E-state index in [-0.39, 0.29) is 36.2 Å². The van der Waals surface area contributed by atoms with Crippen molar-refractivity contribution in [2.24, 2.45) is 11.8 Å². The van der Waals surface area contributed by atoms with Gasteiger partial charge in [0.2, 0.25) is 17.7 Å². The number of thioether (sulfide) groups is 1. The van der Waals surface area contributed by atoms with E-state index in [0.717, 1.165) is 23.0 Å². The number of hydrogen-bond donors (Lipinski definition) is 3. The van der Waals surface area contributed by atoms with E-state index in [1.54, 1.807) is 21.3 Å². The van der Waals surface area contributed by atoms with E-state index in [9.17, 15) is 19.5 Å². The third-order valence-electron chi connectivity index (χ3n) is 8.50. The molecule has 4 heterocycles. The van der Waals surface area contributed by atoms with Crippen LogP contribution in [0, 0.1) is 11.8 Å². The van der Waals surface area contributed by atoms with Crippen LogP contribution in [-0.4, -0.2) is 71.4 Å². The van der Waals surface area contributed by atoms with E-state index in [1.165, 1.54) is 0 Å². The van der Waals surface area contributed by atoms with Crippen LogP contribution in [0.15, 0.2) is 54.6 Å². The van der Waals surface area contributed by atoms with Crippen molar-refractivity contribution in [1.29, 1.82) is 0 Å². The van der Waals surface area contributed by atoms with Crippen molar-refractivity contribution in [3.8, 4) is 0 Å². The van der Waals surface area contributed by atoms with Gasteiger partial charge in [-0.25, -0.2) is 4.68 Å². The van der Waals surface area contributed by atoms with Crippen molar-refractivity contribution in [3.63, 3.8) is 0 Å². The summed E-state index contributed by atoms with van der Waals surface area (Å²) in [7, 11) is 0. The molecule has 0 radical (unpaired) electrons. The van der Waals surface area contributed by atoms with Gasteiger partial charge in [-0.05, 0) is 37.0 Å². The van der Waals surface area contributed by atoms with Gasteiger partial charge in [0, 0.05) is 11.8 Å². The molecule has 2 unspecified atom stereocenters. The van der Waals surface area contributed by atoms with Crippen LogP contribution >= 0.6 is 11.8 Å². The molecule has 3 amide bonds. The minimum absolute atomic E-state index is 0.0272. The quantitative estimate of drug-likeness (QED) is 0.371. The predicted molar refractivity (Wildman–Crippen MR) is 146 cm³/mol. The van der Waals surface area contributed by atoms with Gasteiger partial charge in [0.15, 0.2) is 0 Å². The van der Waals surface area contributed by atoms with Crippen LogP contribution in [0.1, 0.15) is 31.7 Å². The van der Waals surface area contributed by atoms with Gasteiger partial charge < -0.3 is 20.6 Å². The molecule has 2 aromatic carbocycles. The van der Waals surface area contributed by atoms with Crippen LogP contribution in [0.2, 0.25) is 0 Å². The molecule has 6 atom stereocenters. The van der Waals surface area contributed by atoms with E-state index in [4.69, 9.17) is 0 Å². The Morgan fingerprint density at radius 3 is 2.67 bits per heavy atom. The van der Waals surface area contributed by atoms with Crippen molar-refractivity contribution in [3.05, 3.63) is 60.2 Å². The van der Waals surface area contributed by atoms with Gasteiger partial charge in [-0.15, -0.1) is 16.9 Å². The molecular formula is C28H32N6O4S. The second kappa shape index (κ2) is 10.3. The Hall–Kier alpha value is -3.44. The highest BCUT2D eigenvalue weighted by Gasteiger charge is 2.74. The first-order chi connectivity index (χ1) is 19.0. The third-order valence-corrected chi connectivity index (χ3v) is 10.4. The summed E-state index contributed by atoms with van der Waals surface area (Å²) in [5, 5.41) is 24.5. The maximum absolute atomic E-state index is 14.1. The van der Waals surface area contributed by atoms with Gasteiger partial charge >= 0.3 is 0 Å². The summed E-state index contributed by atoms with van der Waals surface area (Å²) in [6.45, 7) is 2.13. The Morgan fingerprint density at radius 1 is 1.13 bits per heavy atom. The van der Waals surface area contributed by atoms with Gasteiger partial charge in [-0.3, -0.25) is 14.4 Å². The van der Waals surface area contributed by atoms with E-state index >= 15 is 0 Å². The van der Waals surface area contributed by atoms with Gasteiger partial charge in [0.25, 0.3) is 0 Å². The topological polar surface area (TPSA) is 129 Å². The largest absolute Gasteiger partial charge is 0.394 e. The Balaban J connectivity index is 1.27. The second-order valence-corrected chi connectivity index (χ2v) is 12.1. The highest BCUT2D eigenvalue weighted by atomic mass is 32.2. The maximum atomic E-state index is 14.1. The van der Waals surface area contributed by atoms with Crippen LogP contribution in [0.4, 0.5) is 0 Å². The number of aromatic nitrogens is 3. The minimum Gasteiger partial charge on any atom is -0.394 e. The molecule has 204 valence electrons. The smallest absolute Gasteiger partial charge is 0.245 e. The van der Waals surface area contributed by atoms with Crippen LogP contribution in [-0.2, 0) is 27.6 Å². The number of para-hydroxylation sites is 1. The lowest BCUT2D eigenvalue weighted by molar-refractivity contribution is -0.143. The lowest BCUT2D eigenvalue weighted by Crippen LogP contribution is -2.56. The van der Waals surface area contributed by atoms with Gasteiger partial charge in [0.1, 0.15) is 18.2 Å². The number of nitrogens with one attached hydrogen (secondary N) is 2. The fraction of sp³-hybridized carbons (Fsp3) is 0.464. The molecule has 0 saturated carbocycles. The number of rotatable bonds is 9. The lowest BCUT2D eigenvalue weighted by Gasteiger charge is -2.36. The monoisotopic (exact) mass is 548 g/mol. The molecule has 3 saturated heterocycles. The molecule has 3 aliphatic heterocycles. The summed E-state index contributed by atoms with van der Waals surface area (Å²) < 4.78 is 0.902. The van der Waals surface area contributed by atoms with Crippen LogP contribution in [0.25, 0.3) is 11.0 Å². The Labute approximate surface area is 230 Å². The van der Waals surface area contributed by atoms with E-state index in [1.807, 2.05) is 61.5 Å².